The molecular formula is C14H20BrN. The second kappa shape index (κ2) is 5.33. The zero-order chi connectivity index (χ0) is 11.5. The molecule has 1 aliphatic rings. The molecule has 0 spiro atoms. The van der Waals surface area contributed by atoms with Crippen molar-refractivity contribution in [2.24, 2.45) is 5.92 Å². The molecule has 0 amide bonds. The Kier molecular flexibility index (Phi) is 4.04. The molecule has 1 saturated carbocycles. The second-order valence-electron chi connectivity index (χ2n) is 5.04. The number of nitrogens with one attached hydrogen (secondary N) is 1. The summed E-state index contributed by atoms with van der Waals surface area (Å²) in [6.07, 6.45) is 4.24. The number of rotatable bonds is 5. The van der Waals surface area contributed by atoms with Crippen LogP contribution in [0.25, 0.3) is 0 Å². The molecule has 1 N–H and O–H groups in total. The highest BCUT2D eigenvalue weighted by Crippen LogP contribution is 2.33. The maximum atomic E-state index is 3.60. The van der Waals surface area contributed by atoms with Gasteiger partial charge in [-0.25, -0.2) is 0 Å². The molecule has 1 aromatic rings. The number of benzene rings is 1. The summed E-state index contributed by atoms with van der Waals surface area (Å²) in [5.74, 6) is 1.01. The zero-order valence-corrected chi connectivity index (χ0v) is 11.7. The van der Waals surface area contributed by atoms with Gasteiger partial charge in [0.05, 0.1) is 0 Å². The van der Waals surface area contributed by atoms with E-state index in [0.29, 0.717) is 6.04 Å². The fourth-order valence-electron chi connectivity index (χ4n) is 2.05. The maximum Gasteiger partial charge on any atom is 0.0208 e. The van der Waals surface area contributed by atoms with E-state index >= 15 is 0 Å². The molecule has 1 atom stereocenters. The maximum absolute atomic E-state index is 3.60. The van der Waals surface area contributed by atoms with Crippen molar-refractivity contribution in [1.82, 2.24) is 5.32 Å². The van der Waals surface area contributed by atoms with Gasteiger partial charge in [0.25, 0.3) is 0 Å². The average molecular weight is 282 g/mol. The van der Waals surface area contributed by atoms with Gasteiger partial charge in [-0.1, -0.05) is 40.9 Å². The van der Waals surface area contributed by atoms with Crippen LogP contribution in [0, 0.1) is 12.8 Å². The van der Waals surface area contributed by atoms with Crippen LogP contribution in [-0.4, -0.2) is 6.04 Å². The van der Waals surface area contributed by atoms with Crippen LogP contribution in [0.5, 0.6) is 0 Å². The van der Waals surface area contributed by atoms with Crippen molar-refractivity contribution in [3.63, 3.8) is 0 Å². The number of hydrogen-bond acceptors (Lipinski definition) is 1. The van der Waals surface area contributed by atoms with Crippen LogP contribution in [0.3, 0.4) is 0 Å². The van der Waals surface area contributed by atoms with Crippen molar-refractivity contribution in [3.8, 4) is 0 Å². The smallest absolute Gasteiger partial charge is 0.0208 e. The average Bonchev–Trinajstić information content (AvgIpc) is 3.04. The Morgan fingerprint density at radius 3 is 2.81 bits per heavy atom. The van der Waals surface area contributed by atoms with E-state index < -0.39 is 0 Å². The van der Waals surface area contributed by atoms with Gasteiger partial charge in [0.2, 0.25) is 0 Å². The van der Waals surface area contributed by atoms with Gasteiger partial charge < -0.3 is 5.32 Å². The zero-order valence-electron chi connectivity index (χ0n) is 10.1. The summed E-state index contributed by atoms with van der Waals surface area (Å²) in [5, 5.41) is 3.60. The van der Waals surface area contributed by atoms with E-state index in [1.165, 1.54) is 34.9 Å². The summed E-state index contributed by atoms with van der Waals surface area (Å²) in [6, 6.07) is 7.23. The van der Waals surface area contributed by atoms with Crippen molar-refractivity contribution in [3.05, 3.63) is 33.8 Å². The van der Waals surface area contributed by atoms with E-state index in [2.05, 4.69) is 53.3 Å². The van der Waals surface area contributed by atoms with E-state index in [-0.39, 0.29) is 0 Å². The van der Waals surface area contributed by atoms with Gasteiger partial charge in [-0.05, 0) is 43.4 Å². The van der Waals surface area contributed by atoms with Gasteiger partial charge >= 0.3 is 0 Å². The fraction of sp³-hybridized carbons (Fsp3) is 0.571. The Morgan fingerprint density at radius 1 is 1.44 bits per heavy atom. The van der Waals surface area contributed by atoms with Crippen LogP contribution in [-0.2, 0) is 6.54 Å². The van der Waals surface area contributed by atoms with Gasteiger partial charge in [-0.3, -0.25) is 0 Å². The summed E-state index contributed by atoms with van der Waals surface area (Å²) < 4.78 is 1.20. The summed E-state index contributed by atoms with van der Waals surface area (Å²) >= 11 is 3.53. The molecule has 0 bridgehead atoms. The van der Waals surface area contributed by atoms with E-state index in [1.54, 1.807) is 0 Å². The molecule has 1 fully saturated rings. The Bertz CT molecular complexity index is 358. The molecule has 0 aliphatic heterocycles. The highest BCUT2D eigenvalue weighted by atomic mass is 79.9. The molecule has 88 valence electrons. The third kappa shape index (κ3) is 3.60. The first-order valence-electron chi connectivity index (χ1n) is 6.13. The second-order valence-corrected chi connectivity index (χ2v) is 5.90. The highest BCUT2D eigenvalue weighted by Gasteiger charge is 2.23. The van der Waals surface area contributed by atoms with Crippen LogP contribution in [0.1, 0.15) is 37.3 Å². The lowest BCUT2D eigenvalue weighted by Gasteiger charge is -2.13. The number of aryl methyl sites for hydroxylation is 1. The predicted octanol–water partition coefficient (Wildman–Crippen LogP) is 4.04. The van der Waals surface area contributed by atoms with Crippen LogP contribution in [0.4, 0.5) is 0 Å². The molecule has 2 heteroatoms. The van der Waals surface area contributed by atoms with Crippen molar-refractivity contribution in [2.75, 3.05) is 0 Å². The van der Waals surface area contributed by atoms with Crippen molar-refractivity contribution >= 4 is 15.9 Å². The molecule has 0 saturated heterocycles. The molecule has 0 heterocycles. The fourth-order valence-corrected chi connectivity index (χ4v) is 2.29. The van der Waals surface area contributed by atoms with Crippen LogP contribution < -0.4 is 5.32 Å². The Hall–Kier alpha value is -0.340. The monoisotopic (exact) mass is 281 g/mol. The first kappa shape index (κ1) is 12.1. The van der Waals surface area contributed by atoms with Gasteiger partial charge in [-0.2, -0.15) is 0 Å². The quantitative estimate of drug-likeness (QED) is 0.859. The third-order valence-electron chi connectivity index (χ3n) is 3.26. The molecule has 2 rings (SSSR count). The highest BCUT2D eigenvalue weighted by molar-refractivity contribution is 9.10. The first-order chi connectivity index (χ1) is 7.65. The molecule has 1 unspecified atom stereocenters. The SMILES string of the molecule is Cc1cc(CNC(C)CC2CC2)ccc1Br. The minimum absolute atomic E-state index is 0.649. The third-order valence-corrected chi connectivity index (χ3v) is 4.15. The molecule has 0 radical (unpaired) electrons. The normalized spacial score (nSPS) is 17.4. The largest absolute Gasteiger partial charge is 0.310 e. The van der Waals surface area contributed by atoms with E-state index in [0.717, 1.165) is 12.5 Å². The summed E-state index contributed by atoms with van der Waals surface area (Å²) in [7, 11) is 0. The minimum atomic E-state index is 0.649. The molecule has 1 nitrogen and oxygen atoms in total. The molecule has 1 aromatic carbocycles. The number of hydrogen-bond donors (Lipinski definition) is 1. The lowest BCUT2D eigenvalue weighted by Crippen LogP contribution is -2.25. The predicted molar refractivity (Wildman–Crippen MR) is 72.5 cm³/mol. The summed E-state index contributed by atoms with van der Waals surface area (Å²) in [5.41, 5.74) is 2.69. The Morgan fingerprint density at radius 2 is 2.19 bits per heavy atom. The molecule has 16 heavy (non-hydrogen) atoms. The first-order valence-corrected chi connectivity index (χ1v) is 6.93. The van der Waals surface area contributed by atoms with E-state index in [1.807, 2.05) is 0 Å². The Balaban J connectivity index is 1.81. The summed E-state index contributed by atoms with van der Waals surface area (Å²) in [4.78, 5) is 0. The van der Waals surface area contributed by atoms with Crippen molar-refractivity contribution in [2.45, 2.75) is 45.7 Å². The lowest BCUT2D eigenvalue weighted by molar-refractivity contribution is 0.487. The van der Waals surface area contributed by atoms with Crippen LogP contribution >= 0.6 is 15.9 Å². The van der Waals surface area contributed by atoms with Crippen molar-refractivity contribution in [1.29, 1.82) is 0 Å². The minimum Gasteiger partial charge on any atom is -0.310 e. The van der Waals surface area contributed by atoms with E-state index in [9.17, 15) is 0 Å². The van der Waals surface area contributed by atoms with Crippen LogP contribution in [0.15, 0.2) is 22.7 Å². The van der Waals surface area contributed by atoms with Gasteiger partial charge in [0.1, 0.15) is 0 Å². The Labute approximate surface area is 107 Å². The van der Waals surface area contributed by atoms with Gasteiger partial charge in [0, 0.05) is 17.1 Å². The standard InChI is InChI=1S/C14H20BrN/c1-10-7-13(5-6-14(10)15)9-16-11(2)8-12-3-4-12/h5-7,11-12,16H,3-4,8-9H2,1-2H3. The van der Waals surface area contributed by atoms with Crippen LogP contribution in [0.2, 0.25) is 0 Å². The van der Waals surface area contributed by atoms with E-state index in [4.69, 9.17) is 0 Å². The summed E-state index contributed by atoms with van der Waals surface area (Å²) in [6.45, 7) is 5.42. The number of halogens is 1. The molecular weight excluding hydrogens is 262 g/mol. The van der Waals surface area contributed by atoms with Crippen molar-refractivity contribution < 1.29 is 0 Å². The lowest BCUT2D eigenvalue weighted by atomic mass is 10.1. The molecule has 0 aromatic heterocycles. The molecule has 1 aliphatic carbocycles. The van der Waals surface area contributed by atoms with Gasteiger partial charge in [0.15, 0.2) is 0 Å². The topological polar surface area (TPSA) is 12.0 Å². The van der Waals surface area contributed by atoms with Gasteiger partial charge in [-0.15, -0.1) is 0 Å².